The topological polar surface area (TPSA) is 70.2 Å². The van der Waals surface area contributed by atoms with Gasteiger partial charge in [-0.15, -0.1) is 0 Å². The highest BCUT2D eigenvalue weighted by Gasteiger charge is 2.06. The molecule has 0 atom stereocenters. The summed E-state index contributed by atoms with van der Waals surface area (Å²) in [7, 11) is 0. The molecule has 0 saturated heterocycles. The van der Waals surface area contributed by atoms with Crippen molar-refractivity contribution in [3.8, 4) is 0 Å². The standard InChI is InChI=1S/C18H21N3O2/c1-3-14-7-4-5-10-17(14)21-18(23)12-19-15-8-6-9-16(11-15)20-13(2)22/h4-11,19H,3,12H2,1-2H3,(H,20,22)(H,21,23). The van der Waals surface area contributed by atoms with E-state index in [4.69, 9.17) is 0 Å². The molecule has 0 unspecified atom stereocenters. The number of para-hydroxylation sites is 1. The lowest BCUT2D eigenvalue weighted by Gasteiger charge is -2.11. The molecule has 23 heavy (non-hydrogen) atoms. The van der Waals surface area contributed by atoms with Gasteiger partial charge >= 0.3 is 0 Å². The van der Waals surface area contributed by atoms with Gasteiger partial charge in [0.05, 0.1) is 6.54 Å². The summed E-state index contributed by atoms with van der Waals surface area (Å²) in [5.74, 6) is -0.244. The molecular formula is C18H21N3O2. The fourth-order valence-corrected chi connectivity index (χ4v) is 2.24. The summed E-state index contributed by atoms with van der Waals surface area (Å²) < 4.78 is 0. The summed E-state index contributed by atoms with van der Waals surface area (Å²) in [4.78, 5) is 23.1. The van der Waals surface area contributed by atoms with E-state index >= 15 is 0 Å². The zero-order valence-corrected chi connectivity index (χ0v) is 13.3. The van der Waals surface area contributed by atoms with Crippen LogP contribution in [0.25, 0.3) is 0 Å². The third-order valence-electron chi connectivity index (χ3n) is 3.31. The molecule has 0 aliphatic carbocycles. The van der Waals surface area contributed by atoms with Gasteiger partial charge in [0.15, 0.2) is 0 Å². The first-order chi connectivity index (χ1) is 11.1. The Balaban J connectivity index is 1.93. The summed E-state index contributed by atoms with van der Waals surface area (Å²) in [6, 6.07) is 15.0. The molecule has 2 aromatic rings. The van der Waals surface area contributed by atoms with Crippen molar-refractivity contribution in [3.05, 3.63) is 54.1 Å². The highest BCUT2D eigenvalue weighted by atomic mass is 16.2. The van der Waals surface area contributed by atoms with E-state index in [-0.39, 0.29) is 18.4 Å². The maximum absolute atomic E-state index is 12.1. The van der Waals surface area contributed by atoms with Gasteiger partial charge in [0.25, 0.3) is 0 Å². The van der Waals surface area contributed by atoms with Crippen LogP contribution in [0.15, 0.2) is 48.5 Å². The van der Waals surface area contributed by atoms with Crippen molar-refractivity contribution in [1.82, 2.24) is 0 Å². The molecule has 0 spiro atoms. The van der Waals surface area contributed by atoms with Crippen LogP contribution in [0, 0.1) is 0 Å². The number of hydrogen-bond donors (Lipinski definition) is 3. The lowest BCUT2D eigenvalue weighted by molar-refractivity contribution is -0.115. The lowest BCUT2D eigenvalue weighted by Crippen LogP contribution is -2.22. The summed E-state index contributed by atoms with van der Waals surface area (Å²) in [6.45, 7) is 3.66. The Morgan fingerprint density at radius 3 is 2.43 bits per heavy atom. The number of aryl methyl sites for hydroxylation is 1. The third kappa shape index (κ3) is 5.14. The third-order valence-corrected chi connectivity index (χ3v) is 3.31. The SMILES string of the molecule is CCc1ccccc1NC(=O)CNc1cccc(NC(C)=O)c1. The van der Waals surface area contributed by atoms with Crippen LogP contribution in [0.1, 0.15) is 19.4 Å². The number of nitrogens with one attached hydrogen (secondary N) is 3. The average Bonchev–Trinajstić information content (AvgIpc) is 2.53. The van der Waals surface area contributed by atoms with Crippen molar-refractivity contribution < 1.29 is 9.59 Å². The summed E-state index contributed by atoms with van der Waals surface area (Å²) in [6.07, 6.45) is 0.864. The van der Waals surface area contributed by atoms with Crippen molar-refractivity contribution >= 4 is 28.9 Å². The number of carbonyl (C=O) groups is 2. The molecule has 0 bridgehead atoms. The Kier molecular flexibility index (Phi) is 5.74. The lowest BCUT2D eigenvalue weighted by atomic mass is 10.1. The highest BCUT2D eigenvalue weighted by molar-refractivity contribution is 5.94. The Morgan fingerprint density at radius 2 is 1.70 bits per heavy atom. The fraction of sp³-hybridized carbons (Fsp3) is 0.222. The second kappa shape index (κ2) is 7.98. The van der Waals surface area contributed by atoms with Crippen LogP contribution >= 0.6 is 0 Å². The van der Waals surface area contributed by atoms with Crippen molar-refractivity contribution in [2.75, 3.05) is 22.5 Å². The van der Waals surface area contributed by atoms with E-state index in [0.29, 0.717) is 5.69 Å². The smallest absolute Gasteiger partial charge is 0.243 e. The molecule has 5 heteroatoms. The molecule has 5 nitrogen and oxygen atoms in total. The quantitative estimate of drug-likeness (QED) is 0.767. The van der Waals surface area contributed by atoms with Crippen LogP contribution in [-0.2, 0) is 16.0 Å². The van der Waals surface area contributed by atoms with Gasteiger partial charge in [0.2, 0.25) is 11.8 Å². The average molecular weight is 311 g/mol. The first kappa shape index (κ1) is 16.5. The number of rotatable bonds is 6. The van der Waals surface area contributed by atoms with Gasteiger partial charge in [-0.05, 0) is 36.2 Å². The van der Waals surface area contributed by atoms with Crippen LogP contribution in [0.2, 0.25) is 0 Å². The van der Waals surface area contributed by atoms with Gasteiger partial charge in [0.1, 0.15) is 0 Å². The van der Waals surface area contributed by atoms with Crippen molar-refractivity contribution in [1.29, 1.82) is 0 Å². The maximum Gasteiger partial charge on any atom is 0.243 e. The zero-order chi connectivity index (χ0) is 16.7. The molecular weight excluding hydrogens is 290 g/mol. The predicted molar refractivity (Wildman–Crippen MR) is 93.7 cm³/mol. The molecule has 0 radical (unpaired) electrons. The number of hydrogen-bond acceptors (Lipinski definition) is 3. The van der Waals surface area contributed by atoms with E-state index in [1.54, 1.807) is 12.1 Å². The fourth-order valence-electron chi connectivity index (χ4n) is 2.24. The van der Waals surface area contributed by atoms with Crippen LogP contribution < -0.4 is 16.0 Å². The minimum Gasteiger partial charge on any atom is -0.376 e. The van der Waals surface area contributed by atoms with Crippen LogP contribution in [0.4, 0.5) is 17.1 Å². The Labute approximate surface area is 136 Å². The molecule has 120 valence electrons. The molecule has 0 aliphatic rings. The van der Waals surface area contributed by atoms with Gasteiger partial charge in [-0.3, -0.25) is 9.59 Å². The molecule has 0 fully saturated rings. The normalized spacial score (nSPS) is 10.0. The first-order valence-electron chi connectivity index (χ1n) is 7.57. The predicted octanol–water partition coefficient (Wildman–Crippen LogP) is 3.26. The Morgan fingerprint density at radius 1 is 0.957 bits per heavy atom. The van der Waals surface area contributed by atoms with Crippen LogP contribution in [0.5, 0.6) is 0 Å². The molecule has 2 aromatic carbocycles. The van der Waals surface area contributed by atoms with Gasteiger partial charge < -0.3 is 16.0 Å². The van der Waals surface area contributed by atoms with Crippen molar-refractivity contribution in [2.45, 2.75) is 20.3 Å². The molecule has 0 saturated carbocycles. The molecule has 0 heterocycles. The van der Waals surface area contributed by atoms with Gasteiger partial charge in [0, 0.05) is 24.0 Å². The maximum atomic E-state index is 12.1. The Bertz CT molecular complexity index is 698. The first-order valence-corrected chi connectivity index (χ1v) is 7.57. The number of carbonyl (C=O) groups excluding carboxylic acids is 2. The van der Waals surface area contributed by atoms with Crippen molar-refractivity contribution in [3.63, 3.8) is 0 Å². The summed E-state index contributed by atoms with van der Waals surface area (Å²) in [5.41, 5.74) is 3.41. The zero-order valence-electron chi connectivity index (χ0n) is 13.3. The molecule has 0 aromatic heterocycles. The second-order valence-corrected chi connectivity index (χ2v) is 5.17. The van der Waals surface area contributed by atoms with Crippen LogP contribution in [0.3, 0.4) is 0 Å². The van der Waals surface area contributed by atoms with E-state index in [2.05, 4.69) is 22.9 Å². The van der Waals surface area contributed by atoms with E-state index in [1.165, 1.54) is 6.92 Å². The van der Waals surface area contributed by atoms with Crippen molar-refractivity contribution in [2.24, 2.45) is 0 Å². The van der Waals surface area contributed by atoms with E-state index in [1.807, 2.05) is 36.4 Å². The minimum atomic E-state index is -0.129. The van der Waals surface area contributed by atoms with Crippen LogP contribution in [-0.4, -0.2) is 18.4 Å². The largest absolute Gasteiger partial charge is 0.376 e. The minimum absolute atomic E-state index is 0.115. The summed E-state index contributed by atoms with van der Waals surface area (Å²) >= 11 is 0. The highest BCUT2D eigenvalue weighted by Crippen LogP contribution is 2.16. The van der Waals surface area contributed by atoms with Gasteiger partial charge in [-0.25, -0.2) is 0 Å². The van der Waals surface area contributed by atoms with E-state index in [9.17, 15) is 9.59 Å². The molecule has 3 N–H and O–H groups in total. The van der Waals surface area contributed by atoms with Gasteiger partial charge in [-0.1, -0.05) is 31.2 Å². The number of anilines is 3. The Hall–Kier alpha value is -2.82. The monoisotopic (exact) mass is 311 g/mol. The molecule has 0 aliphatic heterocycles. The summed E-state index contributed by atoms with van der Waals surface area (Å²) in [5, 5.41) is 8.67. The molecule has 2 amide bonds. The van der Waals surface area contributed by atoms with E-state index < -0.39 is 0 Å². The number of benzene rings is 2. The molecule has 2 rings (SSSR count). The number of amides is 2. The van der Waals surface area contributed by atoms with E-state index in [0.717, 1.165) is 23.4 Å². The van der Waals surface area contributed by atoms with Gasteiger partial charge in [-0.2, -0.15) is 0 Å². The second-order valence-electron chi connectivity index (χ2n) is 5.17.